The highest BCUT2D eigenvalue weighted by Gasteiger charge is 2.27. The molecule has 1 fully saturated rings. The molecular formula is C21H20ClN3O. The van der Waals surface area contributed by atoms with Crippen molar-refractivity contribution in [2.75, 3.05) is 25.0 Å². The van der Waals surface area contributed by atoms with Crippen molar-refractivity contribution in [2.24, 2.45) is 4.99 Å². The highest BCUT2D eigenvalue weighted by Crippen LogP contribution is 2.31. The summed E-state index contributed by atoms with van der Waals surface area (Å²) in [4.78, 5) is 21.7. The van der Waals surface area contributed by atoms with Gasteiger partial charge in [0.1, 0.15) is 5.70 Å². The first-order chi connectivity index (χ1) is 12.6. The van der Waals surface area contributed by atoms with Gasteiger partial charge in [-0.25, -0.2) is 4.99 Å². The zero-order chi connectivity index (χ0) is 18.1. The van der Waals surface area contributed by atoms with Gasteiger partial charge in [-0.1, -0.05) is 41.9 Å². The molecule has 2 heterocycles. The van der Waals surface area contributed by atoms with E-state index in [0.717, 1.165) is 48.5 Å². The first kappa shape index (κ1) is 16.9. The molecule has 0 spiro atoms. The molecule has 0 saturated carbocycles. The molecule has 0 radical (unpaired) electrons. The lowest BCUT2D eigenvalue weighted by Crippen LogP contribution is -2.28. The number of rotatable bonds is 2. The quantitative estimate of drug-likeness (QED) is 0.751. The number of carbonyl (C=O) groups is 1. The molecule has 132 valence electrons. The van der Waals surface area contributed by atoms with E-state index in [4.69, 9.17) is 16.6 Å². The maximum Gasteiger partial charge on any atom is 0.278 e. The number of benzene rings is 2. The molecule has 0 aliphatic carbocycles. The predicted molar refractivity (Wildman–Crippen MR) is 106 cm³/mol. The van der Waals surface area contributed by atoms with E-state index in [-0.39, 0.29) is 5.91 Å². The van der Waals surface area contributed by atoms with Gasteiger partial charge in [-0.2, -0.15) is 0 Å². The van der Waals surface area contributed by atoms with Crippen LogP contribution in [-0.4, -0.2) is 36.7 Å². The maximum absolute atomic E-state index is 13.0. The van der Waals surface area contributed by atoms with Gasteiger partial charge in [0.05, 0.1) is 11.4 Å². The molecule has 0 unspecified atom stereocenters. The van der Waals surface area contributed by atoms with Crippen molar-refractivity contribution in [3.63, 3.8) is 0 Å². The minimum atomic E-state index is -0.105. The first-order valence-electron chi connectivity index (χ1n) is 8.81. The molecule has 0 bridgehead atoms. The van der Waals surface area contributed by atoms with Crippen molar-refractivity contribution in [1.82, 2.24) is 4.90 Å². The molecule has 4 nitrogen and oxygen atoms in total. The average molecular weight is 366 g/mol. The lowest BCUT2D eigenvalue weighted by Gasteiger charge is -2.19. The molecule has 1 amide bonds. The molecular weight excluding hydrogens is 346 g/mol. The van der Waals surface area contributed by atoms with Crippen LogP contribution in [-0.2, 0) is 4.79 Å². The van der Waals surface area contributed by atoms with Gasteiger partial charge in [-0.05, 0) is 31.0 Å². The number of amides is 1. The summed E-state index contributed by atoms with van der Waals surface area (Å²) in [7, 11) is 1.79. The molecule has 2 aromatic carbocycles. The Kier molecular flexibility index (Phi) is 4.51. The second kappa shape index (κ2) is 6.96. The molecule has 2 aromatic rings. The third-order valence-electron chi connectivity index (χ3n) is 4.82. The topological polar surface area (TPSA) is 35.9 Å². The Balaban J connectivity index is 1.92. The van der Waals surface area contributed by atoms with Gasteiger partial charge in [-0.3, -0.25) is 4.79 Å². The van der Waals surface area contributed by atoms with Gasteiger partial charge in [0.15, 0.2) is 0 Å². The number of hydrogen-bond donors (Lipinski definition) is 0. The number of nitrogens with zero attached hydrogens (tertiary/aromatic N) is 3. The molecule has 2 aliphatic rings. The van der Waals surface area contributed by atoms with E-state index in [9.17, 15) is 4.79 Å². The summed E-state index contributed by atoms with van der Waals surface area (Å²) in [6.07, 6.45) is 4.21. The number of aliphatic imine (C=N–C) groups is 1. The second-order valence-electron chi connectivity index (χ2n) is 6.61. The van der Waals surface area contributed by atoms with Crippen LogP contribution in [0.4, 0.5) is 5.69 Å². The Hall–Kier alpha value is -2.59. The summed E-state index contributed by atoms with van der Waals surface area (Å²) < 4.78 is 0. The summed E-state index contributed by atoms with van der Waals surface area (Å²) in [5.41, 5.74) is 3.87. The number of benzodiazepines with no additional fused rings is 1. The molecule has 5 heteroatoms. The fraction of sp³-hybridized carbons (Fsp3) is 0.238. The molecule has 4 rings (SSSR count). The van der Waals surface area contributed by atoms with Crippen molar-refractivity contribution >= 4 is 28.9 Å². The normalized spacial score (nSPS) is 18.8. The van der Waals surface area contributed by atoms with Gasteiger partial charge in [0.25, 0.3) is 5.91 Å². The third-order valence-corrected chi connectivity index (χ3v) is 5.06. The molecule has 0 N–H and O–H groups in total. The molecule has 26 heavy (non-hydrogen) atoms. The average Bonchev–Trinajstić information content (AvgIpc) is 3.14. The maximum atomic E-state index is 13.0. The number of carbonyl (C=O) groups excluding carboxylic acids is 1. The highest BCUT2D eigenvalue weighted by molar-refractivity contribution is 6.32. The standard InChI is InChI=1S/C21H20ClN3O/c1-24-19-10-9-16(22)13-17(19)20(15-7-3-2-4-8-15)23-18(21(24)26)14-25-11-5-6-12-25/h2-4,7-10,13-14H,5-6,11-12H2,1H3. The van der Waals surface area contributed by atoms with Crippen molar-refractivity contribution in [3.05, 3.63) is 76.6 Å². The van der Waals surface area contributed by atoms with Crippen molar-refractivity contribution in [1.29, 1.82) is 0 Å². The van der Waals surface area contributed by atoms with E-state index in [0.29, 0.717) is 10.7 Å². The number of halogens is 1. The second-order valence-corrected chi connectivity index (χ2v) is 7.05. The predicted octanol–water partition coefficient (Wildman–Crippen LogP) is 4.09. The van der Waals surface area contributed by atoms with Crippen LogP contribution in [0.5, 0.6) is 0 Å². The Morgan fingerprint density at radius 1 is 1.08 bits per heavy atom. The van der Waals surface area contributed by atoms with Crippen LogP contribution in [0.3, 0.4) is 0 Å². The highest BCUT2D eigenvalue weighted by atomic mass is 35.5. The fourth-order valence-corrected chi connectivity index (χ4v) is 3.62. The third kappa shape index (κ3) is 3.13. The van der Waals surface area contributed by atoms with E-state index in [1.165, 1.54) is 0 Å². The van der Waals surface area contributed by atoms with E-state index in [1.54, 1.807) is 11.9 Å². The first-order valence-corrected chi connectivity index (χ1v) is 9.19. The fourth-order valence-electron chi connectivity index (χ4n) is 3.44. The molecule has 1 saturated heterocycles. The number of fused-ring (bicyclic) bond motifs is 1. The molecule has 0 atom stereocenters. The Morgan fingerprint density at radius 3 is 2.54 bits per heavy atom. The Labute approximate surface area is 158 Å². The van der Waals surface area contributed by atoms with E-state index >= 15 is 0 Å². The molecule has 2 aliphatic heterocycles. The van der Waals surface area contributed by atoms with Crippen molar-refractivity contribution in [2.45, 2.75) is 12.8 Å². The monoisotopic (exact) mass is 365 g/mol. The van der Waals surface area contributed by atoms with E-state index in [1.807, 2.05) is 54.7 Å². The van der Waals surface area contributed by atoms with Crippen molar-refractivity contribution in [3.8, 4) is 0 Å². The summed E-state index contributed by atoms with van der Waals surface area (Å²) >= 11 is 6.26. The van der Waals surface area contributed by atoms with E-state index < -0.39 is 0 Å². The van der Waals surface area contributed by atoms with Crippen LogP contribution in [0.15, 0.2) is 65.4 Å². The summed E-state index contributed by atoms with van der Waals surface area (Å²) in [5, 5.41) is 0.625. The minimum Gasteiger partial charge on any atom is -0.375 e. The van der Waals surface area contributed by atoms with Crippen LogP contribution in [0.1, 0.15) is 24.0 Å². The summed E-state index contributed by atoms with van der Waals surface area (Å²) in [5.74, 6) is -0.105. The van der Waals surface area contributed by atoms with Crippen LogP contribution < -0.4 is 4.90 Å². The summed E-state index contributed by atoms with van der Waals surface area (Å²) in [6, 6.07) is 15.5. The van der Waals surface area contributed by atoms with Crippen LogP contribution in [0.25, 0.3) is 0 Å². The lowest BCUT2D eigenvalue weighted by atomic mass is 10.0. The number of likely N-dealkylation sites (N-methyl/N-ethyl adjacent to an activating group) is 1. The lowest BCUT2D eigenvalue weighted by molar-refractivity contribution is -0.114. The zero-order valence-corrected chi connectivity index (χ0v) is 15.4. The minimum absolute atomic E-state index is 0.105. The largest absolute Gasteiger partial charge is 0.375 e. The Bertz CT molecular complexity index is 899. The van der Waals surface area contributed by atoms with Crippen LogP contribution in [0.2, 0.25) is 5.02 Å². The summed E-state index contributed by atoms with van der Waals surface area (Å²) in [6.45, 7) is 1.94. The zero-order valence-electron chi connectivity index (χ0n) is 14.7. The van der Waals surface area contributed by atoms with Crippen LogP contribution >= 0.6 is 11.6 Å². The van der Waals surface area contributed by atoms with Gasteiger partial charge >= 0.3 is 0 Å². The number of anilines is 1. The van der Waals surface area contributed by atoms with Gasteiger partial charge in [0.2, 0.25) is 0 Å². The van der Waals surface area contributed by atoms with Crippen molar-refractivity contribution < 1.29 is 4.79 Å². The van der Waals surface area contributed by atoms with Crippen LogP contribution in [0, 0.1) is 0 Å². The van der Waals surface area contributed by atoms with Gasteiger partial charge < -0.3 is 9.80 Å². The SMILES string of the molecule is CN1C(=O)C(=CN2CCCC2)N=C(c2ccccc2)c2cc(Cl)ccc21. The number of hydrogen-bond acceptors (Lipinski definition) is 3. The number of likely N-dealkylation sites (tertiary alicyclic amines) is 1. The Morgan fingerprint density at radius 2 is 1.81 bits per heavy atom. The molecule has 0 aromatic heterocycles. The van der Waals surface area contributed by atoms with Gasteiger partial charge in [0, 0.05) is 42.5 Å². The van der Waals surface area contributed by atoms with E-state index in [2.05, 4.69) is 4.90 Å². The van der Waals surface area contributed by atoms with Gasteiger partial charge in [-0.15, -0.1) is 0 Å². The smallest absolute Gasteiger partial charge is 0.278 e.